The van der Waals surface area contributed by atoms with Gasteiger partial charge in [-0.3, -0.25) is 9.59 Å². The van der Waals surface area contributed by atoms with Crippen LogP contribution < -0.4 is 9.47 Å². The quantitative estimate of drug-likeness (QED) is 0.192. The van der Waals surface area contributed by atoms with Gasteiger partial charge in [0.15, 0.2) is 0 Å². The van der Waals surface area contributed by atoms with Crippen LogP contribution in [0.3, 0.4) is 0 Å². The zero-order chi connectivity index (χ0) is 26.5. The molecule has 0 saturated carbocycles. The van der Waals surface area contributed by atoms with Crippen LogP contribution in [0.1, 0.15) is 31.0 Å². The van der Waals surface area contributed by atoms with Crippen LogP contribution in [0, 0.1) is 0 Å². The van der Waals surface area contributed by atoms with Gasteiger partial charge >= 0.3 is 0 Å². The van der Waals surface area contributed by atoms with Gasteiger partial charge in [0.05, 0.1) is 35.9 Å². The van der Waals surface area contributed by atoms with E-state index < -0.39 is 17.7 Å². The number of halogens is 1. The Kier molecular flexibility index (Phi) is 8.31. The van der Waals surface area contributed by atoms with Gasteiger partial charge in [-0.15, -0.1) is 0 Å². The number of carbonyl (C=O) groups excluding carboxylic acids is 2. The number of carbonyl (C=O) groups is 2. The fourth-order valence-electron chi connectivity index (χ4n) is 4.19. The molecular formula is C29H28BrNO6. The number of likely N-dealkylation sites (tertiary alicyclic amines) is 1. The first kappa shape index (κ1) is 26.4. The number of para-hydroxylation sites is 1. The van der Waals surface area contributed by atoms with Crippen LogP contribution in [0.15, 0.2) is 82.8 Å². The van der Waals surface area contributed by atoms with Crippen LogP contribution in [0.2, 0.25) is 0 Å². The van der Waals surface area contributed by atoms with Crippen molar-refractivity contribution in [2.45, 2.75) is 26.0 Å². The summed E-state index contributed by atoms with van der Waals surface area (Å²) in [5.41, 5.74) is 1.01. The van der Waals surface area contributed by atoms with Crippen molar-refractivity contribution in [1.82, 2.24) is 4.90 Å². The smallest absolute Gasteiger partial charge is 0.295 e. The third-order valence-corrected chi connectivity index (χ3v) is 6.52. The lowest BCUT2D eigenvalue weighted by atomic mass is 9.95. The highest BCUT2D eigenvalue weighted by atomic mass is 79.9. The number of methoxy groups -OCH3 is 1. The molecule has 1 aliphatic rings. The highest BCUT2D eigenvalue weighted by Crippen LogP contribution is 2.41. The lowest BCUT2D eigenvalue weighted by molar-refractivity contribution is -0.140. The van der Waals surface area contributed by atoms with E-state index in [1.165, 1.54) is 12.0 Å². The summed E-state index contributed by atoms with van der Waals surface area (Å²) in [6.07, 6.45) is -0.0329. The topological polar surface area (TPSA) is 85.3 Å². The molecule has 0 spiro atoms. The van der Waals surface area contributed by atoms with Gasteiger partial charge in [0.25, 0.3) is 11.7 Å². The molecule has 0 aromatic heterocycles. The van der Waals surface area contributed by atoms with Gasteiger partial charge in [-0.2, -0.15) is 0 Å². The Labute approximate surface area is 224 Å². The van der Waals surface area contributed by atoms with Crippen molar-refractivity contribution < 1.29 is 28.9 Å². The predicted molar refractivity (Wildman–Crippen MR) is 144 cm³/mol. The number of nitrogens with zero attached hydrogens (tertiary/aromatic N) is 1. The van der Waals surface area contributed by atoms with Crippen LogP contribution in [0.25, 0.3) is 5.76 Å². The number of ether oxygens (including phenoxy) is 3. The molecule has 4 rings (SSSR count). The number of ketones is 1. The van der Waals surface area contributed by atoms with Crippen molar-refractivity contribution in [1.29, 1.82) is 0 Å². The molecule has 37 heavy (non-hydrogen) atoms. The maximum absolute atomic E-state index is 13.3. The first-order valence-electron chi connectivity index (χ1n) is 11.9. The molecule has 0 aliphatic carbocycles. The van der Waals surface area contributed by atoms with Crippen molar-refractivity contribution in [3.8, 4) is 17.2 Å². The summed E-state index contributed by atoms with van der Waals surface area (Å²) >= 11 is 3.42. The van der Waals surface area contributed by atoms with E-state index in [0.717, 1.165) is 0 Å². The van der Waals surface area contributed by atoms with Gasteiger partial charge in [-0.05, 0) is 77.8 Å². The van der Waals surface area contributed by atoms with Crippen LogP contribution in [-0.2, 0) is 14.3 Å². The highest BCUT2D eigenvalue weighted by molar-refractivity contribution is 9.10. The maximum atomic E-state index is 13.3. The zero-order valence-electron chi connectivity index (χ0n) is 20.8. The van der Waals surface area contributed by atoms with E-state index in [0.29, 0.717) is 32.8 Å². The van der Waals surface area contributed by atoms with E-state index in [2.05, 4.69) is 15.9 Å². The molecule has 0 bridgehead atoms. The largest absolute Gasteiger partial charge is 0.507 e. The standard InChI is InChI=1S/C29H28BrNO6/c1-18(2)36-15-14-31-26(19-8-7-11-22(16-19)37-21-9-5-4-6-10-21)25(28(33)29(31)34)27(32)20-12-13-24(35-3)23(30)17-20/h4-13,16-18,26,32H,14-15H2,1-3H3/b27-25+. The Morgan fingerprint density at radius 3 is 2.41 bits per heavy atom. The molecule has 1 atom stereocenters. The Bertz CT molecular complexity index is 1320. The van der Waals surface area contributed by atoms with E-state index in [4.69, 9.17) is 14.2 Å². The lowest BCUT2D eigenvalue weighted by Gasteiger charge is -2.26. The van der Waals surface area contributed by atoms with Crippen LogP contribution >= 0.6 is 15.9 Å². The fraction of sp³-hybridized carbons (Fsp3) is 0.241. The van der Waals surface area contributed by atoms with E-state index in [1.54, 1.807) is 36.4 Å². The van der Waals surface area contributed by atoms with Crippen molar-refractivity contribution in [2.75, 3.05) is 20.3 Å². The number of benzene rings is 3. The third kappa shape index (κ3) is 5.87. The van der Waals surface area contributed by atoms with Gasteiger partial charge in [0.2, 0.25) is 0 Å². The summed E-state index contributed by atoms with van der Waals surface area (Å²) < 4.78 is 17.5. The van der Waals surface area contributed by atoms with E-state index in [9.17, 15) is 14.7 Å². The van der Waals surface area contributed by atoms with Crippen molar-refractivity contribution in [2.24, 2.45) is 0 Å². The summed E-state index contributed by atoms with van der Waals surface area (Å²) in [6.45, 7) is 4.23. The molecule has 3 aromatic rings. The fourth-order valence-corrected chi connectivity index (χ4v) is 4.73. The summed E-state index contributed by atoms with van der Waals surface area (Å²) in [7, 11) is 1.54. The Balaban J connectivity index is 1.79. The number of hydrogen-bond donors (Lipinski definition) is 1. The van der Waals surface area contributed by atoms with Gasteiger partial charge in [0.1, 0.15) is 23.0 Å². The maximum Gasteiger partial charge on any atom is 0.295 e. The Morgan fingerprint density at radius 2 is 1.73 bits per heavy atom. The second kappa shape index (κ2) is 11.6. The van der Waals surface area contributed by atoms with Gasteiger partial charge in [-0.1, -0.05) is 30.3 Å². The molecule has 1 fully saturated rings. The minimum atomic E-state index is -0.823. The van der Waals surface area contributed by atoms with Gasteiger partial charge in [0, 0.05) is 12.1 Å². The molecule has 1 amide bonds. The molecule has 1 N–H and O–H groups in total. The Morgan fingerprint density at radius 1 is 1.00 bits per heavy atom. The van der Waals surface area contributed by atoms with Crippen LogP contribution in [-0.4, -0.2) is 48.1 Å². The van der Waals surface area contributed by atoms with E-state index in [-0.39, 0.29) is 30.6 Å². The van der Waals surface area contributed by atoms with Crippen LogP contribution in [0.4, 0.5) is 0 Å². The lowest BCUT2D eigenvalue weighted by Crippen LogP contribution is -2.33. The van der Waals surface area contributed by atoms with Gasteiger partial charge < -0.3 is 24.2 Å². The molecular weight excluding hydrogens is 538 g/mol. The average Bonchev–Trinajstić information content (AvgIpc) is 3.14. The molecule has 3 aromatic carbocycles. The summed E-state index contributed by atoms with van der Waals surface area (Å²) in [5, 5.41) is 11.3. The molecule has 1 saturated heterocycles. The number of hydrogen-bond acceptors (Lipinski definition) is 6. The molecule has 192 valence electrons. The second-order valence-electron chi connectivity index (χ2n) is 8.75. The molecule has 1 unspecified atom stereocenters. The number of amides is 1. The minimum absolute atomic E-state index is 0.00322. The molecule has 7 nitrogen and oxygen atoms in total. The predicted octanol–water partition coefficient (Wildman–Crippen LogP) is 6.10. The van der Waals surface area contributed by atoms with Crippen LogP contribution in [0.5, 0.6) is 17.2 Å². The summed E-state index contributed by atoms with van der Waals surface area (Å²) in [4.78, 5) is 27.9. The van der Waals surface area contributed by atoms with Crippen molar-refractivity contribution >= 4 is 33.4 Å². The number of aliphatic hydroxyl groups is 1. The molecule has 8 heteroatoms. The third-order valence-electron chi connectivity index (χ3n) is 5.90. The first-order valence-corrected chi connectivity index (χ1v) is 12.7. The Hall–Kier alpha value is -3.62. The molecule has 1 heterocycles. The average molecular weight is 566 g/mol. The second-order valence-corrected chi connectivity index (χ2v) is 9.60. The minimum Gasteiger partial charge on any atom is -0.507 e. The SMILES string of the molecule is COc1ccc(/C(O)=C2\C(=O)C(=O)N(CCOC(C)C)C2c2cccc(Oc3ccccc3)c2)cc1Br. The normalized spacial score (nSPS) is 16.9. The first-order chi connectivity index (χ1) is 17.8. The van der Waals surface area contributed by atoms with E-state index in [1.807, 2.05) is 50.2 Å². The number of Topliss-reactive ketones (excluding diaryl/α,β-unsaturated/α-hetero) is 1. The zero-order valence-corrected chi connectivity index (χ0v) is 22.4. The van der Waals surface area contributed by atoms with E-state index >= 15 is 0 Å². The molecule has 1 aliphatic heterocycles. The van der Waals surface area contributed by atoms with Gasteiger partial charge in [-0.25, -0.2) is 0 Å². The highest BCUT2D eigenvalue weighted by Gasteiger charge is 2.46. The monoisotopic (exact) mass is 565 g/mol. The summed E-state index contributed by atoms with van der Waals surface area (Å²) in [5.74, 6) is 0.0507. The summed E-state index contributed by atoms with van der Waals surface area (Å²) in [6, 6.07) is 20.6. The number of aliphatic hydroxyl groups excluding tert-OH is 1. The van der Waals surface area contributed by atoms with Crippen molar-refractivity contribution in [3.05, 3.63) is 94.0 Å². The molecule has 0 radical (unpaired) electrons. The number of rotatable bonds is 9. The van der Waals surface area contributed by atoms with Crippen molar-refractivity contribution in [3.63, 3.8) is 0 Å².